The van der Waals surface area contributed by atoms with Gasteiger partial charge in [-0.2, -0.15) is 5.10 Å². The van der Waals surface area contributed by atoms with Crippen LogP contribution >= 0.6 is 22.6 Å². The predicted octanol–water partition coefficient (Wildman–Crippen LogP) is 3.05. The highest BCUT2D eigenvalue weighted by Gasteiger charge is 2.12. The topological polar surface area (TPSA) is 89.7 Å². The standard InChI is InChI=1S/C15H11IN4O3/c1-2-8-23-14-6-5-11(9-12(14)16)10-18-19-15-13(20(21)22)4-3-7-17-15/h1,3-7,9-10H,8H2,(H,17,19)/b18-10+. The van der Waals surface area contributed by atoms with Crippen molar-refractivity contribution < 1.29 is 9.66 Å². The van der Waals surface area contributed by atoms with E-state index >= 15 is 0 Å². The van der Waals surface area contributed by atoms with E-state index < -0.39 is 4.92 Å². The number of nitrogens with one attached hydrogen (secondary N) is 1. The van der Waals surface area contributed by atoms with Gasteiger partial charge in [-0.05, 0) is 52.4 Å². The van der Waals surface area contributed by atoms with Gasteiger partial charge in [-0.1, -0.05) is 5.92 Å². The molecule has 1 heterocycles. The molecule has 0 atom stereocenters. The first-order valence-electron chi connectivity index (χ1n) is 6.36. The molecule has 116 valence electrons. The summed E-state index contributed by atoms with van der Waals surface area (Å²) in [7, 11) is 0. The molecular formula is C15H11IN4O3. The molecule has 2 rings (SSSR count). The van der Waals surface area contributed by atoms with Crippen molar-refractivity contribution in [1.82, 2.24) is 4.98 Å². The number of ether oxygens (including phenoxy) is 1. The van der Waals surface area contributed by atoms with Crippen LogP contribution in [0.2, 0.25) is 0 Å². The van der Waals surface area contributed by atoms with Gasteiger partial charge in [-0.3, -0.25) is 15.5 Å². The van der Waals surface area contributed by atoms with Gasteiger partial charge in [-0.15, -0.1) is 6.42 Å². The van der Waals surface area contributed by atoms with Crippen molar-refractivity contribution in [1.29, 1.82) is 0 Å². The van der Waals surface area contributed by atoms with Gasteiger partial charge < -0.3 is 4.74 Å². The number of hydrogen-bond acceptors (Lipinski definition) is 6. The zero-order chi connectivity index (χ0) is 16.7. The number of hydrogen-bond donors (Lipinski definition) is 1. The SMILES string of the molecule is C#CCOc1ccc(/C=N/Nc2ncccc2[N+](=O)[O-])cc1I. The molecule has 0 radical (unpaired) electrons. The molecule has 0 fully saturated rings. The van der Waals surface area contributed by atoms with Crippen molar-refractivity contribution in [3.05, 3.63) is 55.8 Å². The summed E-state index contributed by atoms with van der Waals surface area (Å²) in [4.78, 5) is 14.2. The van der Waals surface area contributed by atoms with Gasteiger partial charge >= 0.3 is 5.69 Å². The first-order chi connectivity index (χ1) is 11.1. The molecule has 0 unspecified atom stereocenters. The second-order valence-corrected chi connectivity index (χ2v) is 5.34. The van der Waals surface area contributed by atoms with Gasteiger partial charge in [0.25, 0.3) is 0 Å². The van der Waals surface area contributed by atoms with Crippen molar-refractivity contribution >= 4 is 40.3 Å². The maximum absolute atomic E-state index is 10.9. The molecule has 0 aliphatic rings. The Morgan fingerprint density at radius 3 is 3.04 bits per heavy atom. The Kier molecular flexibility index (Phi) is 5.87. The van der Waals surface area contributed by atoms with E-state index in [9.17, 15) is 10.1 Å². The second-order valence-electron chi connectivity index (χ2n) is 4.18. The largest absolute Gasteiger partial charge is 0.480 e. The van der Waals surface area contributed by atoms with Crippen molar-refractivity contribution in [3.8, 4) is 18.1 Å². The molecule has 1 N–H and O–H groups in total. The minimum Gasteiger partial charge on any atom is -0.480 e. The molecule has 8 heteroatoms. The summed E-state index contributed by atoms with van der Waals surface area (Å²) in [6.45, 7) is 0.203. The number of pyridine rings is 1. The number of anilines is 1. The molecule has 0 aliphatic carbocycles. The quantitative estimate of drug-likeness (QED) is 0.254. The monoisotopic (exact) mass is 422 g/mol. The third-order valence-corrected chi connectivity index (χ3v) is 3.48. The molecule has 0 spiro atoms. The zero-order valence-corrected chi connectivity index (χ0v) is 13.9. The summed E-state index contributed by atoms with van der Waals surface area (Å²) in [6, 6.07) is 8.27. The van der Waals surface area contributed by atoms with Crippen molar-refractivity contribution in [2.45, 2.75) is 0 Å². The van der Waals surface area contributed by atoms with Gasteiger partial charge in [0.1, 0.15) is 12.4 Å². The summed E-state index contributed by atoms with van der Waals surface area (Å²) in [5.41, 5.74) is 3.23. The van der Waals surface area contributed by atoms with E-state index in [0.29, 0.717) is 5.75 Å². The Morgan fingerprint density at radius 1 is 1.52 bits per heavy atom. The molecule has 0 saturated carbocycles. The minimum absolute atomic E-state index is 0.0809. The minimum atomic E-state index is -0.522. The number of aromatic nitrogens is 1. The number of rotatable bonds is 6. The van der Waals surface area contributed by atoms with Crippen LogP contribution in [-0.2, 0) is 0 Å². The van der Waals surface area contributed by atoms with Crippen LogP contribution in [0.5, 0.6) is 5.75 Å². The number of terminal acetylenes is 1. The molecule has 2 aromatic rings. The smallest absolute Gasteiger partial charge is 0.313 e. The summed E-state index contributed by atoms with van der Waals surface area (Å²) in [5.74, 6) is 3.17. The lowest BCUT2D eigenvalue weighted by atomic mass is 10.2. The van der Waals surface area contributed by atoms with Crippen LogP contribution in [0.15, 0.2) is 41.6 Å². The fourth-order valence-electron chi connectivity index (χ4n) is 1.63. The van der Waals surface area contributed by atoms with Crippen molar-refractivity contribution in [3.63, 3.8) is 0 Å². The summed E-state index contributed by atoms with van der Waals surface area (Å²) in [5, 5.41) is 14.8. The lowest BCUT2D eigenvalue weighted by molar-refractivity contribution is -0.384. The maximum atomic E-state index is 10.9. The average Bonchev–Trinajstić information content (AvgIpc) is 2.54. The van der Waals surface area contributed by atoms with Crippen LogP contribution < -0.4 is 10.2 Å². The van der Waals surface area contributed by atoms with Gasteiger partial charge in [0, 0.05) is 12.3 Å². The third kappa shape index (κ3) is 4.65. The fraction of sp³-hybridized carbons (Fsp3) is 0.0667. The van der Waals surface area contributed by atoms with Gasteiger partial charge in [0.2, 0.25) is 5.82 Å². The molecule has 0 amide bonds. The molecule has 23 heavy (non-hydrogen) atoms. The van der Waals surface area contributed by atoms with E-state index in [1.165, 1.54) is 24.5 Å². The van der Waals surface area contributed by atoms with E-state index in [0.717, 1.165) is 9.13 Å². The molecule has 7 nitrogen and oxygen atoms in total. The van der Waals surface area contributed by atoms with Crippen LogP contribution in [-0.4, -0.2) is 22.7 Å². The molecular weight excluding hydrogens is 411 g/mol. The van der Waals surface area contributed by atoms with Crippen molar-refractivity contribution in [2.75, 3.05) is 12.0 Å². The predicted molar refractivity (Wildman–Crippen MR) is 95.6 cm³/mol. The number of nitro groups is 1. The Balaban J connectivity index is 2.08. The highest BCUT2D eigenvalue weighted by atomic mass is 127. The van der Waals surface area contributed by atoms with Crippen LogP contribution in [0.4, 0.5) is 11.5 Å². The first kappa shape index (κ1) is 16.7. The van der Waals surface area contributed by atoms with Gasteiger partial charge in [-0.25, -0.2) is 4.98 Å². The molecule has 1 aromatic heterocycles. The molecule has 0 aliphatic heterocycles. The van der Waals surface area contributed by atoms with Crippen LogP contribution in [0.1, 0.15) is 5.56 Å². The fourth-order valence-corrected chi connectivity index (χ4v) is 2.33. The van der Waals surface area contributed by atoms with Crippen LogP contribution in [0.3, 0.4) is 0 Å². The molecule has 1 aromatic carbocycles. The highest BCUT2D eigenvalue weighted by Crippen LogP contribution is 2.22. The maximum Gasteiger partial charge on any atom is 0.313 e. The third-order valence-electron chi connectivity index (χ3n) is 2.63. The van der Waals surface area contributed by atoms with E-state index in [1.807, 2.05) is 6.07 Å². The molecule has 0 saturated heterocycles. The van der Waals surface area contributed by atoms with Crippen LogP contribution in [0.25, 0.3) is 0 Å². The number of benzene rings is 1. The highest BCUT2D eigenvalue weighted by molar-refractivity contribution is 14.1. The number of halogens is 1. The zero-order valence-electron chi connectivity index (χ0n) is 11.8. The van der Waals surface area contributed by atoms with E-state index in [4.69, 9.17) is 11.2 Å². The lowest BCUT2D eigenvalue weighted by Gasteiger charge is -2.05. The Bertz CT molecular complexity index is 787. The summed E-state index contributed by atoms with van der Waals surface area (Å²) in [6.07, 6.45) is 8.13. The average molecular weight is 422 g/mol. The Labute approximate surface area is 146 Å². The van der Waals surface area contributed by atoms with Gasteiger partial charge in [0.05, 0.1) is 14.7 Å². The van der Waals surface area contributed by atoms with E-state index in [2.05, 4.69) is 44.0 Å². The van der Waals surface area contributed by atoms with E-state index in [-0.39, 0.29) is 18.1 Å². The molecule has 0 bridgehead atoms. The summed E-state index contributed by atoms with van der Waals surface area (Å²) >= 11 is 2.13. The van der Waals surface area contributed by atoms with E-state index in [1.54, 1.807) is 12.1 Å². The number of nitrogens with zero attached hydrogens (tertiary/aromatic N) is 3. The summed E-state index contributed by atoms with van der Waals surface area (Å²) < 4.78 is 6.25. The van der Waals surface area contributed by atoms with Gasteiger partial charge in [0.15, 0.2) is 0 Å². The van der Waals surface area contributed by atoms with Crippen LogP contribution in [0, 0.1) is 26.0 Å². The Hall–Kier alpha value is -2.67. The normalized spacial score (nSPS) is 10.3. The Morgan fingerprint density at radius 2 is 2.35 bits per heavy atom. The lowest BCUT2D eigenvalue weighted by Crippen LogP contribution is -1.99. The number of hydrazone groups is 1. The second kappa shape index (κ2) is 8.09. The first-order valence-corrected chi connectivity index (χ1v) is 7.44. The van der Waals surface area contributed by atoms with Crippen molar-refractivity contribution in [2.24, 2.45) is 5.10 Å².